The molecule has 0 spiro atoms. The van der Waals surface area contributed by atoms with Crippen LogP contribution in [-0.2, 0) is 6.54 Å². The van der Waals surface area contributed by atoms with E-state index in [1.165, 1.54) is 0 Å². The van der Waals surface area contributed by atoms with Gasteiger partial charge in [0, 0.05) is 18.4 Å². The van der Waals surface area contributed by atoms with Gasteiger partial charge in [0.2, 0.25) is 0 Å². The molecule has 5 nitrogen and oxygen atoms in total. The standard InChI is InChI=1S/C16H20N4O/c1-3-8-17-15-7-6-12(2)10-14(15)16(21)18-11-13-5-4-9-19-20-13/h4-7,9-10,17H,3,8,11H2,1-2H3,(H,18,21). The largest absolute Gasteiger partial charge is 0.384 e. The molecule has 0 atom stereocenters. The fourth-order valence-corrected chi connectivity index (χ4v) is 1.95. The number of nitrogens with one attached hydrogen (secondary N) is 2. The predicted octanol–water partition coefficient (Wildman–Crippen LogP) is 2.54. The third-order valence-corrected chi connectivity index (χ3v) is 3.04. The van der Waals surface area contributed by atoms with E-state index in [2.05, 4.69) is 27.8 Å². The molecule has 21 heavy (non-hydrogen) atoms. The van der Waals surface area contributed by atoms with E-state index in [1.54, 1.807) is 12.3 Å². The number of hydrogen-bond donors (Lipinski definition) is 2. The highest BCUT2D eigenvalue weighted by atomic mass is 16.1. The van der Waals surface area contributed by atoms with Crippen LogP contribution in [0.4, 0.5) is 5.69 Å². The van der Waals surface area contributed by atoms with Crippen LogP contribution in [0.25, 0.3) is 0 Å². The number of anilines is 1. The molecule has 5 heteroatoms. The molecular weight excluding hydrogens is 264 g/mol. The average Bonchev–Trinajstić information content (AvgIpc) is 2.52. The molecule has 0 aliphatic rings. The second kappa shape index (κ2) is 7.38. The number of carbonyl (C=O) groups excluding carboxylic acids is 1. The third-order valence-electron chi connectivity index (χ3n) is 3.04. The van der Waals surface area contributed by atoms with Gasteiger partial charge in [0.1, 0.15) is 0 Å². The van der Waals surface area contributed by atoms with Crippen LogP contribution < -0.4 is 10.6 Å². The van der Waals surface area contributed by atoms with E-state index in [1.807, 2.05) is 31.2 Å². The SMILES string of the molecule is CCCNc1ccc(C)cc1C(=O)NCc1cccnn1. The van der Waals surface area contributed by atoms with Crippen molar-refractivity contribution < 1.29 is 4.79 Å². The summed E-state index contributed by atoms with van der Waals surface area (Å²) < 4.78 is 0. The summed E-state index contributed by atoms with van der Waals surface area (Å²) in [5, 5.41) is 13.9. The zero-order valence-corrected chi connectivity index (χ0v) is 12.4. The van der Waals surface area contributed by atoms with Crippen LogP contribution in [0.2, 0.25) is 0 Å². The molecule has 0 saturated carbocycles. The first-order valence-electron chi connectivity index (χ1n) is 7.10. The molecular formula is C16H20N4O. The highest BCUT2D eigenvalue weighted by Gasteiger charge is 2.11. The number of carbonyl (C=O) groups is 1. The Labute approximate surface area is 124 Å². The normalized spacial score (nSPS) is 10.2. The zero-order valence-electron chi connectivity index (χ0n) is 12.4. The van der Waals surface area contributed by atoms with Crippen LogP contribution in [-0.4, -0.2) is 22.6 Å². The predicted molar refractivity (Wildman–Crippen MR) is 83.2 cm³/mol. The summed E-state index contributed by atoms with van der Waals surface area (Å²) in [6, 6.07) is 9.47. The summed E-state index contributed by atoms with van der Waals surface area (Å²) in [6.45, 7) is 5.28. The first kappa shape index (κ1) is 15.0. The van der Waals surface area contributed by atoms with Crippen molar-refractivity contribution in [1.29, 1.82) is 0 Å². The van der Waals surface area contributed by atoms with Gasteiger partial charge in [0.05, 0.1) is 17.8 Å². The van der Waals surface area contributed by atoms with E-state index in [0.717, 1.165) is 29.9 Å². The quantitative estimate of drug-likeness (QED) is 0.855. The molecule has 110 valence electrons. The lowest BCUT2D eigenvalue weighted by atomic mass is 10.1. The topological polar surface area (TPSA) is 66.9 Å². The molecule has 0 bridgehead atoms. The minimum absolute atomic E-state index is 0.108. The smallest absolute Gasteiger partial charge is 0.253 e. The Hall–Kier alpha value is -2.43. The van der Waals surface area contributed by atoms with Crippen molar-refractivity contribution in [3.63, 3.8) is 0 Å². The summed E-state index contributed by atoms with van der Waals surface area (Å²) in [6.07, 6.45) is 2.62. The maximum Gasteiger partial charge on any atom is 0.253 e. The van der Waals surface area contributed by atoms with Crippen molar-refractivity contribution in [1.82, 2.24) is 15.5 Å². The van der Waals surface area contributed by atoms with Gasteiger partial charge in [-0.2, -0.15) is 10.2 Å². The zero-order chi connectivity index (χ0) is 15.1. The van der Waals surface area contributed by atoms with Crippen molar-refractivity contribution in [3.8, 4) is 0 Å². The van der Waals surface area contributed by atoms with E-state index in [9.17, 15) is 4.79 Å². The van der Waals surface area contributed by atoms with Gasteiger partial charge in [-0.25, -0.2) is 0 Å². The molecule has 1 heterocycles. The molecule has 0 aliphatic heterocycles. The summed E-state index contributed by atoms with van der Waals surface area (Å²) >= 11 is 0. The molecule has 0 aliphatic carbocycles. The highest BCUT2D eigenvalue weighted by molar-refractivity contribution is 5.99. The van der Waals surface area contributed by atoms with Crippen LogP contribution >= 0.6 is 0 Å². The Morgan fingerprint density at radius 2 is 2.14 bits per heavy atom. The van der Waals surface area contributed by atoms with Crippen molar-refractivity contribution in [2.45, 2.75) is 26.8 Å². The molecule has 0 unspecified atom stereocenters. The van der Waals surface area contributed by atoms with Crippen LogP contribution in [0.3, 0.4) is 0 Å². The van der Waals surface area contributed by atoms with Gasteiger partial charge >= 0.3 is 0 Å². The van der Waals surface area contributed by atoms with Gasteiger partial charge in [0.15, 0.2) is 0 Å². The van der Waals surface area contributed by atoms with E-state index >= 15 is 0 Å². The number of benzene rings is 1. The molecule has 1 aromatic heterocycles. The lowest BCUT2D eigenvalue weighted by Crippen LogP contribution is -2.24. The number of hydrogen-bond acceptors (Lipinski definition) is 4. The van der Waals surface area contributed by atoms with E-state index in [0.29, 0.717) is 12.1 Å². The molecule has 2 rings (SSSR count). The van der Waals surface area contributed by atoms with Crippen molar-refractivity contribution >= 4 is 11.6 Å². The number of aromatic nitrogens is 2. The molecule has 0 fully saturated rings. The lowest BCUT2D eigenvalue weighted by molar-refractivity contribution is 0.0951. The van der Waals surface area contributed by atoms with Crippen LogP contribution in [0.15, 0.2) is 36.5 Å². The van der Waals surface area contributed by atoms with Crippen LogP contribution in [0.5, 0.6) is 0 Å². The van der Waals surface area contributed by atoms with Gasteiger partial charge in [-0.05, 0) is 37.6 Å². The van der Waals surface area contributed by atoms with Gasteiger partial charge in [-0.15, -0.1) is 0 Å². The first-order chi connectivity index (χ1) is 10.2. The molecule has 1 amide bonds. The molecule has 0 saturated heterocycles. The summed E-state index contributed by atoms with van der Waals surface area (Å²) in [5.41, 5.74) is 3.31. The molecule has 2 N–H and O–H groups in total. The van der Waals surface area contributed by atoms with Crippen molar-refractivity contribution in [2.75, 3.05) is 11.9 Å². The second-order valence-corrected chi connectivity index (χ2v) is 4.87. The number of aryl methyl sites for hydroxylation is 1. The summed E-state index contributed by atoms with van der Waals surface area (Å²) in [4.78, 5) is 12.4. The number of rotatable bonds is 6. The second-order valence-electron chi connectivity index (χ2n) is 4.87. The Morgan fingerprint density at radius 3 is 2.86 bits per heavy atom. The Morgan fingerprint density at radius 1 is 1.29 bits per heavy atom. The van der Waals surface area contributed by atoms with Crippen molar-refractivity contribution in [2.24, 2.45) is 0 Å². The first-order valence-corrected chi connectivity index (χ1v) is 7.10. The average molecular weight is 284 g/mol. The summed E-state index contributed by atoms with van der Waals surface area (Å²) in [5.74, 6) is -0.108. The fourth-order valence-electron chi connectivity index (χ4n) is 1.95. The van der Waals surface area contributed by atoms with E-state index in [4.69, 9.17) is 0 Å². The number of nitrogens with zero attached hydrogens (tertiary/aromatic N) is 2. The summed E-state index contributed by atoms with van der Waals surface area (Å²) in [7, 11) is 0. The van der Waals surface area contributed by atoms with E-state index < -0.39 is 0 Å². The van der Waals surface area contributed by atoms with Gasteiger partial charge in [0.25, 0.3) is 5.91 Å². The maximum absolute atomic E-state index is 12.4. The minimum Gasteiger partial charge on any atom is -0.384 e. The highest BCUT2D eigenvalue weighted by Crippen LogP contribution is 2.17. The maximum atomic E-state index is 12.4. The van der Waals surface area contributed by atoms with Gasteiger partial charge in [-0.3, -0.25) is 4.79 Å². The Balaban J connectivity index is 2.08. The van der Waals surface area contributed by atoms with Crippen LogP contribution in [0.1, 0.15) is 35.0 Å². The fraction of sp³-hybridized carbons (Fsp3) is 0.312. The monoisotopic (exact) mass is 284 g/mol. The van der Waals surface area contributed by atoms with Crippen LogP contribution in [0, 0.1) is 6.92 Å². The molecule has 0 radical (unpaired) electrons. The molecule has 1 aromatic carbocycles. The van der Waals surface area contributed by atoms with E-state index in [-0.39, 0.29) is 5.91 Å². The van der Waals surface area contributed by atoms with Gasteiger partial charge in [-0.1, -0.05) is 18.6 Å². The van der Waals surface area contributed by atoms with Crippen molar-refractivity contribution in [3.05, 3.63) is 53.3 Å². The third kappa shape index (κ3) is 4.27. The number of amides is 1. The van der Waals surface area contributed by atoms with Gasteiger partial charge < -0.3 is 10.6 Å². The Bertz CT molecular complexity index is 598. The lowest BCUT2D eigenvalue weighted by Gasteiger charge is -2.12. The Kier molecular flexibility index (Phi) is 5.26. The minimum atomic E-state index is -0.108. The molecule has 2 aromatic rings.